The molecule has 5 nitrogen and oxygen atoms in total. The molecule has 2 aromatic rings. The van der Waals surface area contributed by atoms with Gasteiger partial charge in [-0.1, -0.05) is 13.0 Å². The molecule has 130 valence electrons. The highest BCUT2D eigenvalue weighted by molar-refractivity contribution is 6.04. The molecular weight excluding hydrogens is 328 g/mol. The lowest BCUT2D eigenvalue weighted by Gasteiger charge is -2.09. The summed E-state index contributed by atoms with van der Waals surface area (Å²) in [5.41, 5.74) is 6.65. The van der Waals surface area contributed by atoms with E-state index in [0.717, 1.165) is 12.2 Å². The Morgan fingerprint density at radius 3 is 2.42 bits per heavy atom. The fourth-order valence-corrected chi connectivity index (χ4v) is 1.96. The van der Waals surface area contributed by atoms with Crippen LogP contribution >= 0.6 is 12.4 Å². The fraction of sp³-hybridized carbons (Fsp3) is 0.278. The predicted octanol–water partition coefficient (Wildman–Crippen LogP) is 3.49. The summed E-state index contributed by atoms with van der Waals surface area (Å²) < 4.78 is 10.9. The number of hydrogen-bond donors (Lipinski definition) is 2. The minimum absolute atomic E-state index is 0. The lowest BCUT2D eigenvalue weighted by Crippen LogP contribution is -2.12. The van der Waals surface area contributed by atoms with E-state index < -0.39 is 0 Å². The maximum Gasteiger partial charge on any atom is 0.255 e. The number of nitrogens with one attached hydrogen (secondary N) is 1. The minimum atomic E-state index is -0.178. The first kappa shape index (κ1) is 19.8. The number of rotatable bonds is 8. The summed E-state index contributed by atoms with van der Waals surface area (Å²) in [6.07, 6.45) is 0.926. The summed E-state index contributed by atoms with van der Waals surface area (Å²) in [7, 11) is 0. The standard InChI is InChI=1S/C18H22N2O3.ClH/c1-2-11-22-17-5-3-4-14(13-17)18(21)20-15-6-8-16(9-7-15)23-12-10-19;/h3-9,13H,2,10-12,19H2,1H3,(H,20,21);1H. The lowest BCUT2D eigenvalue weighted by atomic mass is 10.2. The average molecular weight is 351 g/mol. The Labute approximate surface area is 148 Å². The molecule has 0 unspecified atom stereocenters. The Kier molecular flexibility index (Phi) is 8.68. The Balaban J connectivity index is 0.00000288. The Morgan fingerprint density at radius 1 is 1.04 bits per heavy atom. The number of ether oxygens (including phenoxy) is 2. The molecule has 0 spiro atoms. The first-order valence-electron chi connectivity index (χ1n) is 7.70. The molecule has 0 saturated carbocycles. The van der Waals surface area contributed by atoms with Crippen molar-refractivity contribution in [2.24, 2.45) is 5.73 Å². The Bertz CT molecular complexity index is 632. The second-order valence-electron chi connectivity index (χ2n) is 4.99. The molecule has 3 N–H and O–H groups in total. The number of carbonyl (C=O) groups excluding carboxylic acids is 1. The van der Waals surface area contributed by atoms with Crippen LogP contribution in [0.5, 0.6) is 11.5 Å². The smallest absolute Gasteiger partial charge is 0.255 e. The van der Waals surface area contributed by atoms with Gasteiger partial charge in [-0.3, -0.25) is 4.79 Å². The fourth-order valence-electron chi connectivity index (χ4n) is 1.96. The first-order valence-corrected chi connectivity index (χ1v) is 7.70. The Morgan fingerprint density at radius 2 is 1.75 bits per heavy atom. The van der Waals surface area contributed by atoms with E-state index in [1.807, 2.05) is 19.1 Å². The monoisotopic (exact) mass is 350 g/mol. The van der Waals surface area contributed by atoms with Crippen molar-refractivity contribution >= 4 is 24.0 Å². The van der Waals surface area contributed by atoms with Crippen LogP contribution in [-0.2, 0) is 0 Å². The third kappa shape index (κ3) is 6.10. The van der Waals surface area contributed by atoms with E-state index in [1.165, 1.54) is 0 Å². The van der Waals surface area contributed by atoms with Crippen molar-refractivity contribution in [3.05, 3.63) is 54.1 Å². The van der Waals surface area contributed by atoms with E-state index in [9.17, 15) is 4.79 Å². The molecule has 0 saturated heterocycles. The van der Waals surface area contributed by atoms with Crippen LogP contribution in [0, 0.1) is 0 Å². The number of halogens is 1. The summed E-state index contributed by atoms with van der Waals surface area (Å²) in [4.78, 5) is 12.3. The van der Waals surface area contributed by atoms with Gasteiger partial charge in [0.2, 0.25) is 0 Å². The van der Waals surface area contributed by atoms with Gasteiger partial charge in [0.15, 0.2) is 0 Å². The van der Waals surface area contributed by atoms with Crippen molar-refractivity contribution in [3.8, 4) is 11.5 Å². The van der Waals surface area contributed by atoms with Crippen molar-refractivity contribution in [1.29, 1.82) is 0 Å². The van der Waals surface area contributed by atoms with Crippen LogP contribution in [0.25, 0.3) is 0 Å². The maximum absolute atomic E-state index is 12.3. The highest BCUT2D eigenvalue weighted by Crippen LogP contribution is 2.18. The SMILES string of the molecule is CCCOc1cccc(C(=O)Nc2ccc(OCCN)cc2)c1.Cl. The van der Waals surface area contributed by atoms with Crippen LogP contribution in [0.4, 0.5) is 5.69 Å². The number of anilines is 1. The van der Waals surface area contributed by atoms with Crippen LogP contribution in [0.15, 0.2) is 48.5 Å². The van der Waals surface area contributed by atoms with Crippen LogP contribution in [-0.4, -0.2) is 25.7 Å². The highest BCUT2D eigenvalue weighted by Gasteiger charge is 2.07. The van der Waals surface area contributed by atoms with Gasteiger partial charge in [-0.25, -0.2) is 0 Å². The van der Waals surface area contributed by atoms with Gasteiger partial charge in [0.05, 0.1) is 6.61 Å². The van der Waals surface area contributed by atoms with Crippen molar-refractivity contribution in [3.63, 3.8) is 0 Å². The summed E-state index contributed by atoms with van der Waals surface area (Å²) in [5, 5.41) is 2.85. The van der Waals surface area contributed by atoms with Crippen LogP contribution in [0.3, 0.4) is 0 Å². The molecule has 0 radical (unpaired) electrons. The molecule has 0 aliphatic rings. The quantitative estimate of drug-likeness (QED) is 0.764. The second kappa shape index (κ2) is 10.5. The molecule has 0 aliphatic carbocycles. The number of hydrogen-bond acceptors (Lipinski definition) is 4. The van der Waals surface area contributed by atoms with Gasteiger partial charge < -0.3 is 20.5 Å². The molecule has 0 fully saturated rings. The number of amides is 1. The lowest BCUT2D eigenvalue weighted by molar-refractivity contribution is 0.102. The van der Waals surface area contributed by atoms with Crippen LogP contribution in [0.2, 0.25) is 0 Å². The van der Waals surface area contributed by atoms with E-state index in [0.29, 0.717) is 36.8 Å². The summed E-state index contributed by atoms with van der Waals surface area (Å²) in [5.74, 6) is 1.25. The second-order valence-corrected chi connectivity index (χ2v) is 4.99. The van der Waals surface area contributed by atoms with Gasteiger partial charge >= 0.3 is 0 Å². The van der Waals surface area contributed by atoms with Gasteiger partial charge in [-0.05, 0) is 48.9 Å². The molecule has 2 rings (SSSR count). The molecule has 6 heteroatoms. The van der Waals surface area contributed by atoms with Crippen LogP contribution in [0.1, 0.15) is 23.7 Å². The highest BCUT2D eigenvalue weighted by atomic mass is 35.5. The predicted molar refractivity (Wildman–Crippen MR) is 98.4 cm³/mol. The van der Waals surface area contributed by atoms with Crippen molar-refractivity contribution in [2.45, 2.75) is 13.3 Å². The van der Waals surface area contributed by atoms with Gasteiger partial charge in [-0.2, -0.15) is 0 Å². The van der Waals surface area contributed by atoms with Crippen molar-refractivity contribution < 1.29 is 14.3 Å². The molecule has 0 atom stereocenters. The molecule has 0 heterocycles. The number of benzene rings is 2. The molecule has 24 heavy (non-hydrogen) atoms. The average Bonchev–Trinajstić information content (AvgIpc) is 2.59. The molecular formula is C18H23ClN2O3. The number of carbonyl (C=O) groups is 1. The molecule has 0 aromatic heterocycles. The molecule has 0 aliphatic heterocycles. The maximum atomic E-state index is 12.3. The van der Waals surface area contributed by atoms with Crippen LogP contribution < -0.4 is 20.5 Å². The summed E-state index contributed by atoms with van der Waals surface area (Å²) in [6.45, 7) is 3.61. The summed E-state index contributed by atoms with van der Waals surface area (Å²) in [6, 6.07) is 14.3. The Hall–Kier alpha value is -2.24. The third-order valence-electron chi connectivity index (χ3n) is 3.07. The van der Waals surface area contributed by atoms with Gasteiger partial charge in [-0.15, -0.1) is 12.4 Å². The zero-order valence-corrected chi connectivity index (χ0v) is 14.5. The largest absolute Gasteiger partial charge is 0.494 e. The normalized spacial score (nSPS) is 9.75. The first-order chi connectivity index (χ1) is 11.2. The van der Waals surface area contributed by atoms with E-state index >= 15 is 0 Å². The zero-order chi connectivity index (χ0) is 16.5. The van der Waals surface area contributed by atoms with E-state index in [1.54, 1.807) is 36.4 Å². The van der Waals surface area contributed by atoms with E-state index in [4.69, 9.17) is 15.2 Å². The van der Waals surface area contributed by atoms with Gasteiger partial charge in [0, 0.05) is 17.8 Å². The third-order valence-corrected chi connectivity index (χ3v) is 3.07. The molecule has 0 bridgehead atoms. The van der Waals surface area contributed by atoms with E-state index in [2.05, 4.69) is 5.32 Å². The summed E-state index contributed by atoms with van der Waals surface area (Å²) >= 11 is 0. The van der Waals surface area contributed by atoms with Gasteiger partial charge in [0.1, 0.15) is 18.1 Å². The minimum Gasteiger partial charge on any atom is -0.494 e. The van der Waals surface area contributed by atoms with E-state index in [-0.39, 0.29) is 18.3 Å². The molecule has 1 amide bonds. The number of nitrogens with two attached hydrogens (primary N) is 1. The topological polar surface area (TPSA) is 73.6 Å². The van der Waals surface area contributed by atoms with Crippen molar-refractivity contribution in [2.75, 3.05) is 25.1 Å². The molecule has 2 aromatic carbocycles. The van der Waals surface area contributed by atoms with Gasteiger partial charge in [0.25, 0.3) is 5.91 Å². The van der Waals surface area contributed by atoms with Crippen molar-refractivity contribution in [1.82, 2.24) is 0 Å². The zero-order valence-electron chi connectivity index (χ0n) is 13.7.